The van der Waals surface area contributed by atoms with Crippen molar-refractivity contribution in [1.29, 1.82) is 0 Å². The Morgan fingerprint density at radius 3 is 2.75 bits per heavy atom. The van der Waals surface area contributed by atoms with Crippen LogP contribution < -0.4 is 10.6 Å². The fourth-order valence-electron chi connectivity index (χ4n) is 3.78. The van der Waals surface area contributed by atoms with Crippen LogP contribution in [0, 0.1) is 5.41 Å². The van der Waals surface area contributed by atoms with Crippen molar-refractivity contribution in [2.45, 2.75) is 19.3 Å². The van der Waals surface area contributed by atoms with E-state index in [1.807, 2.05) is 36.4 Å². The van der Waals surface area contributed by atoms with Crippen LogP contribution in [0.4, 0.5) is 5.69 Å². The molecule has 1 aromatic heterocycles. The molecular weight excluding hydrogens is 354 g/mol. The van der Waals surface area contributed by atoms with Gasteiger partial charge in [-0.1, -0.05) is 30.3 Å². The van der Waals surface area contributed by atoms with Crippen molar-refractivity contribution in [3.63, 3.8) is 0 Å². The van der Waals surface area contributed by atoms with Crippen LogP contribution in [-0.4, -0.2) is 37.7 Å². The second kappa shape index (κ2) is 8.12. The summed E-state index contributed by atoms with van der Waals surface area (Å²) in [5.41, 5.74) is 2.84. The van der Waals surface area contributed by atoms with Gasteiger partial charge in [0.15, 0.2) is 11.5 Å². The summed E-state index contributed by atoms with van der Waals surface area (Å²) in [6.07, 6.45) is 2.16. The summed E-state index contributed by atoms with van der Waals surface area (Å²) in [6, 6.07) is 15.7. The molecular formula is C22H25N3O3. The maximum Gasteiger partial charge on any atom is 0.233 e. The fraction of sp³-hybridized carbons (Fsp3) is 0.364. The Labute approximate surface area is 164 Å². The standard InChI is InChI=1S/C22H25N3O3/c1-27-15-22(9-11-23-12-10-22)21(26)24-17-7-8-18-19(14-17)28-20(25-18)13-16-5-3-2-4-6-16/h2-8,14,23H,9-13,15H2,1H3,(H,24,26). The Balaban J connectivity index is 1.51. The van der Waals surface area contributed by atoms with E-state index >= 15 is 0 Å². The highest BCUT2D eigenvalue weighted by atomic mass is 16.5. The molecule has 1 fully saturated rings. The number of anilines is 1. The molecule has 2 heterocycles. The summed E-state index contributed by atoms with van der Waals surface area (Å²) < 4.78 is 11.3. The Morgan fingerprint density at radius 1 is 1.21 bits per heavy atom. The number of fused-ring (bicyclic) bond motifs is 1. The largest absolute Gasteiger partial charge is 0.440 e. The van der Waals surface area contributed by atoms with Crippen LogP contribution >= 0.6 is 0 Å². The first-order valence-corrected chi connectivity index (χ1v) is 9.63. The first-order valence-electron chi connectivity index (χ1n) is 9.63. The van der Waals surface area contributed by atoms with Crippen LogP contribution in [0.5, 0.6) is 0 Å². The average Bonchev–Trinajstić information content (AvgIpc) is 3.11. The summed E-state index contributed by atoms with van der Waals surface area (Å²) in [6.45, 7) is 2.06. The van der Waals surface area contributed by atoms with Gasteiger partial charge in [-0.15, -0.1) is 0 Å². The van der Waals surface area contributed by atoms with Gasteiger partial charge in [0.05, 0.1) is 12.0 Å². The molecule has 0 bridgehead atoms. The van der Waals surface area contributed by atoms with Crippen molar-refractivity contribution in [3.05, 3.63) is 60.0 Å². The van der Waals surface area contributed by atoms with Crippen molar-refractivity contribution in [3.8, 4) is 0 Å². The molecule has 1 aliphatic rings. The van der Waals surface area contributed by atoms with Crippen LogP contribution in [-0.2, 0) is 16.0 Å². The van der Waals surface area contributed by atoms with Crippen molar-refractivity contribution in [1.82, 2.24) is 10.3 Å². The van der Waals surface area contributed by atoms with E-state index < -0.39 is 5.41 Å². The topological polar surface area (TPSA) is 76.4 Å². The number of amides is 1. The SMILES string of the molecule is COCC1(C(=O)Nc2ccc3nc(Cc4ccccc4)oc3c2)CCNCC1. The van der Waals surface area contributed by atoms with Gasteiger partial charge < -0.3 is 19.8 Å². The molecule has 146 valence electrons. The summed E-state index contributed by atoms with van der Waals surface area (Å²) >= 11 is 0. The lowest BCUT2D eigenvalue weighted by molar-refractivity contribution is -0.130. The number of hydrogen-bond donors (Lipinski definition) is 2. The van der Waals surface area contributed by atoms with E-state index in [1.54, 1.807) is 7.11 Å². The Bertz CT molecular complexity index is 941. The predicted molar refractivity (Wildman–Crippen MR) is 108 cm³/mol. The lowest BCUT2D eigenvalue weighted by Gasteiger charge is -2.35. The molecule has 4 rings (SSSR count). The zero-order chi connectivity index (χ0) is 19.4. The van der Waals surface area contributed by atoms with E-state index in [9.17, 15) is 4.79 Å². The van der Waals surface area contributed by atoms with E-state index in [0.717, 1.165) is 37.0 Å². The summed E-state index contributed by atoms with van der Waals surface area (Å²) in [4.78, 5) is 17.6. The van der Waals surface area contributed by atoms with Gasteiger partial charge in [-0.05, 0) is 43.6 Å². The van der Waals surface area contributed by atoms with Gasteiger partial charge in [0.1, 0.15) is 5.52 Å². The van der Waals surface area contributed by atoms with Crippen molar-refractivity contribution in [2.24, 2.45) is 5.41 Å². The molecule has 0 radical (unpaired) electrons. The van der Waals surface area contributed by atoms with Crippen LogP contribution in [0.3, 0.4) is 0 Å². The number of ether oxygens (including phenoxy) is 1. The smallest absolute Gasteiger partial charge is 0.233 e. The summed E-state index contributed by atoms with van der Waals surface area (Å²) in [7, 11) is 1.64. The molecule has 1 amide bonds. The molecule has 0 unspecified atom stereocenters. The minimum absolute atomic E-state index is 0.000718. The number of nitrogens with zero attached hydrogens (tertiary/aromatic N) is 1. The number of benzene rings is 2. The number of nitrogens with one attached hydrogen (secondary N) is 2. The number of aromatic nitrogens is 1. The minimum Gasteiger partial charge on any atom is -0.440 e. The zero-order valence-corrected chi connectivity index (χ0v) is 16.0. The van der Waals surface area contributed by atoms with Gasteiger partial charge in [0.25, 0.3) is 0 Å². The van der Waals surface area contributed by atoms with Crippen molar-refractivity contribution >= 4 is 22.7 Å². The fourth-order valence-corrected chi connectivity index (χ4v) is 3.78. The van der Waals surface area contributed by atoms with E-state index in [1.165, 1.54) is 0 Å². The molecule has 0 saturated carbocycles. The maximum atomic E-state index is 13.0. The predicted octanol–water partition coefficient (Wildman–Crippen LogP) is 3.37. The van der Waals surface area contributed by atoms with Crippen molar-refractivity contribution < 1.29 is 13.9 Å². The van der Waals surface area contributed by atoms with Gasteiger partial charge >= 0.3 is 0 Å². The molecule has 6 nitrogen and oxygen atoms in total. The molecule has 2 aromatic carbocycles. The molecule has 1 saturated heterocycles. The number of methoxy groups -OCH3 is 1. The third-order valence-electron chi connectivity index (χ3n) is 5.35. The zero-order valence-electron chi connectivity index (χ0n) is 16.0. The van der Waals surface area contributed by atoms with Crippen LogP contribution in [0.15, 0.2) is 52.9 Å². The highest BCUT2D eigenvalue weighted by Crippen LogP contribution is 2.31. The number of carbonyl (C=O) groups is 1. The van der Waals surface area contributed by atoms with Gasteiger partial charge in [0, 0.05) is 25.3 Å². The maximum absolute atomic E-state index is 13.0. The molecule has 3 aromatic rings. The van der Waals surface area contributed by atoms with E-state index in [2.05, 4.69) is 27.8 Å². The summed E-state index contributed by atoms with van der Waals surface area (Å²) in [5.74, 6) is 0.665. The second-order valence-corrected chi connectivity index (χ2v) is 7.37. The van der Waals surface area contributed by atoms with Gasteiger partial charge in [-0.25, -0.2) is 4.98 Å². The van der Waals surface area contributed by atoms with E-state index in [-0.39, 0.29) is 5.91 Å². The molecule has 1 aliphatic heterocycles. The number of hydrogen-bond acceptors (Lipinski definition) is 5. The highest BCUT2D eigenvalue weighted by Gasteiger charge is 2.39. The summed E-state index contributed by atoms with van der Waals surface area (Å²) in [5, 5.41) is 6.36. The lowest BCUT2D eigenvalue weighted by Crippen LogP contribution is -2.47. The van der Waals surface area contributed by atoms with E-state index in [4.69, 9.17) is 9.15 Å². The van der Waals surface area contributed by atoms with Gasteiger partial charge in [-0.2, -0.15) is 0 Å². The molecule has 0 spiro atoms. The quantitative estimate of drug-likeness (QED) is 0.687. The minimum atomic E-state index is -0.491. The average molecular weight is 379 g/mol. The second-order valence-electron chi connectivity index (χ2n) is 7.37. The number of carbonyl (C=O) groups excluding carboxylic acids is 1. The molecule has 28 heavy (non-hydrogen) atoms. The monoisotopic (exact) mass is 379 g/mol. The van der Waals surface area contributed by atoms with Crippen LogP contribution in [0.25, 0.3) is 11.1 Å². The van der Waals surface area contributed by atoms with Crippen molar-refractivity contribution in [2.75, 3.05) is 32.1 Å². The molecule has 2 N–H and O–H groups in total. The Kier molecular flexibility index (Phi) is 5.41. The Morgan fingerprint density at radius 2 is 2.00 bits per heavy atom. The Hall–Kier alpha value is -2.70. The number of piperidine rings is 1. The molecule has 6 heteroatoms. The highest BCUT2D eigenvalue weighted by molar-refractivity contribution is 5.96. The molecule has 0 aliphatic carbocycles. The normalized spacial score (nSPS) is 16.2. The van der Waals surface area contributed by atoms with Gasteiger partial charge in [-0.3, -0.25) is 4.79 Å². The number of rotatable bonds is 6. The first-order chi connectivity index (χ1) is 13.7. The molecule has 0 atom stereocenters. The number of oxazole rings is 1. The lowest BCUT2D eigenvalue weighted by atomic mass is 9.78. The van der Waals surface area contributed by atoms with Crippen LogP contribution in [0.2, 0.25) is 0 Å². The first kappa shape index (κ1) is 18.7. The van der Waals surface area contributed by atoms with Crippen LogP contribution in [0.1, 0.15) is 24.3 Å². The third kappa shape index (κ3) is 3.93. The van der Waals surface area contributed by atoms with Gasteiger partial charge in [0.2, 0.25) is 5.91 Å². The third-order valence-corrected chi connectivity index (χ3v) is 5.35. The van der Waals surface area contributed by atoms with E-state index in [0.29, 0.717) is 30.2 Å².